The summed E-state index contributed by atoms with van der Waals surface area (Å²) < 4.78 is 12.1. The minimum atomic E-state index is -0.760. The average Bonchev–Trinajstić information content (AvgIpc) is 3.38. The maximum Gasteiger partial charge on any atom is 0.171 e. The molecule has 180 valence electrons. The van der Waals surface area contributed by atoms with Crippen LogP contribution in [0.15, 0.2) is 35.4 Å². The number of hydrogen-bond acceptors (Lipinski definition) is 3. The zero-order valence-electron chi connectivity index (χ0n) is 21.1. The molecule has 1 saturated heterocycles. The maximum atomic E-state index is 12.1. The number of hydrogen-bond donors (Lipinski definition) is 1. The van der Waals surface area contributed by atoms with Crippen LogP contribution < -0.4 is 0 Å². The molecule has 3 nitrogen and oxygen atoms in total. The molecule has 5 atom stereocenters. The van der Waals surface area contributed by atoms with Crippen molar-refractivity contribution < 1.29 is 14.6 Å². The quantitative estimate of drug-likeness (QED) is 0.487. The van der Waals surface area contributed by atoms with Gasteiger partial charge in [-0.1, -0.05) is 64.0 Å². The fourth-order valence-corrected chi connectivity index (χ4v) is 8.53. The predicted octanol–water partition coefficient (Wildman–Crippen LogP) is 6.64. The van der Waals surface area contributed by atoms with E-state index in [0.29, 0.717) is 36.9 Å². The normalized spacial score (nSPS) is 40.0. The smallest absolute Gasteiger partial charge is 0.171 e. The van der Waals surface area contributed by atoms with Crippen molar-refractivity contribution in [2.24, 2.45) is 17.3 Å². The van der Waals surface area contributed by atoms with Gasteiger partial charge in [-0.2, -0.15) is 0 Å². The van der Waals surface area contributed by atoms with E-state index in [1.165, 1.54) is 42.4 Å². The Labute approximate surface area is 199 Å². The van der Waals surface area contributed by atoms with Crippen LogP contribution in [-0.4, -0.2) is 29.7 Å². The lowest BCUT2D eigenvalue weighted by Gasteiger charge is -2.55. The first-order valence-electron chi connectivity index (χ1n) is 13.5. The Bertz CT molecular complexity index is 948. The van der Waals surface area contributed by atoms with Crippen LogP contribution in [-0.2, 0) is 14.9 Å². The Morgan fingerprint density at radius 2 is 1.70 bits per heavy atom. The lowest BCUT2D eigenvalue weighted by Crippen LogP contribution is -2.52. The van der Waals surface area contributed by atoms with Crippen molar-refractivity contribution in [3.63, 3.8) is 0 Å². The molecule has 1 aliphatic heterocycles. The molecule has 6 rings (SSSR count). The Kier molecular flexibility index (Phi) is 5.02. The fourth-order valence-electron chi connectivity index (χ4n) is 8.53. The second-order valence-corrected chi connectivity index (χ2v) is 13.2. The predicted molar refractivity (Wildman–Crippen MR) is 131 cm³/mol. The van der Waals surface area contributed by atoms with Crippen LogP contribution in [0.1, 0.15) is 103 Å². The van der Waals surface area contributed by atoms with Gasteiger partial charge in [0.25, 0.3) is 0 Å². The van der Waals surface area contributed by atoms with Gasteiger partial charge >= 0.3 is 0 Å². The summed E-state index contributed by atoms with van der Waals surface area (Å²) in [5.74, 6) is 1.30. The van der Waals surface area contributed by atoms with Crippen molar-refractivity contribution in [3.8, 4) is 0 Å². The molecule has 4 fully saturated rings. The van der Waals surface area contributed by atoms with E-state index in [1.807, 2.05) is 0 Å². The van der Waals surface area contributed by atoms with E-state index in [-0.39, 0.29) is 5.41 Å². The third-order valence-electron chi connectivity index (χ3n) is 10.2. The average molecular weight is 451 g/mol. The van der Waals surface area contributed by atoms with Crippen LogP contribution in [0.2, 0.25) is 0 Å². The zero-order chi connectivity index (χ0) is 23.1. The van der Waals surface area contributed by atoms with E-state index < -0.39 is 11.4 Å². The van der Waals surface area contributed by atoms with Gasteiger partial charge in [0.1, 0.15) is 0 Å². The lowest BCUT2D eigenvalue weighted by molar-refractivity contribution is -0.208. The molecular weight excluding hydrogens is 408 g/mol. The first kappa shape index (κ1) is 22.3. The Morgan fingerprint density at radius 1 is 0.970 bits per heavy atom. The molecule has 3 unspecified atom stereocenters. The van der Waals surface area contributed by atoms with Crippen molar-refractivity contribution in [1.29, 1.82) is 0 Å². The molecule has 1 aromatic rings. The topological polar surface area (TPSA) is 38.7 Å². The molecule has 5 aliphatic rings. The molecule has 33 heavy (non-hydrogen) atoms. The third-order valence-corrected chi connectivity index (χ3v) is 10.2. The summed E-state index contributed by atoms with van der Waals surface area (Å²) in [6.45, 7) is 10.8. The summed E-state index contributed by atoms with van der Waals surface area (Å²) in [4.78, 5) is 0. The summed E-state index contributed by atoms with van der Waals surface area (Å²) in [6.07, 6.45) is 9.73. The standard InChI is InChI=1S/C30H42O3/c1-27(2,3)21-9-7-20(8-10-21)23-18-28(4)13-5-6-24(28)22-11-14-29(31)19-30(32-16-17-33-30)15-12-25(29)26(22)23/h7-10,22-24,31H,5-6,11-19H2,1-4H3/t22?,23?,24?,28-,29+/m0/s1. The zero-order valence-corrected chi connectivity index (χ0v) is 21.1. The number of ether oxygens (including phenoxy) is 2. The summed E-state index contributed by atoms with van der Waals surface area (Å²) in [5.41, 5.74) is 5.68. The summed E-state index contributed by atoms with van der Waals surface area (Å²) >= 11 is 0. The number of benzene rings is 1. The summed E-state index contributed by atoms with van der Waals surface area (Å²) in [5, 5.41) is 12.1. The second kappa shape index (κ2) is 7.42. The highest BCUT2D eigenvalue weighted by Crippen LogP contribution is 2.65. The van der Waals surface area contributed by atoms with Gasteiger partial charge in [0.2, 0.25) is 0 Å². The van der Waals surface area contributed by atoms with Crippen LogP contribution in [0.5, 0.6) is 0 Å². The fraction of sp³-hybridized carbons (Fsp3) is 0.733. The van der Waals surface area contributed by atoms with Gasteiger partial charge in [0.15, 0.2) is 5.79 Å². The molecule has 1 N–H and O–H groups in total. The molecule has 3 heteroatoms. The van der Waals surface area contributed by atoms with Gasteiger partial charge in [-0.3, -0.25) is 0 Å². The van der Waals surface area contributed by atoms with Crippen molar-refractivity contribution in [2.75, 3.05) is 13.2 Å². The molecule has 0 bridgehead atoms. The van der Waals surface area contributed by atoms with Crippen molar-refractivity contribution in [1.82, 2.24) is 0 Å². The molecule has 1 spiro atoms. The third kappa shape index (κ3) is 3.48. The van der Waals surface area contributed by atoms with Crippen molar-refractivity contribution >= 4 is 0 Å². The molecule has 0 amide bonds. The minimum absolute atomic E-state index is 0.169. The Morgan fingerprint density at radius 3 is 2.39 bits per heavy atom. The van der Waals surface area contributed by atoms with Gasteiger partial charge in [-0.15, -0.1) is 0 Å². The maximum absolute atomic E-state index is 12.1. The van der Waals surface area contributed by atoms with Crippen molar-refractivity contribution in [3.05, 3.63) is 46.5 Å². The van der Waals surface area contributed by atoms with Crippen LogP contribution in [0, 0.1) is 17.3 Å². The summed E-state index contributed by atoms with van der Waals surface area (Å²) in [7, 11) is 0. The van der Waals surface area contributed by atoms with Gasteiger partial charge in [0.05, 0.1) is 18.8 Å². The van der Waals surface area contributed by atoms with Gasteiger partial charge < -0.3 is 14.6 Å². The minimum Gasteiger partial charge on any atom is -0.385 e. The van der Waals surface area contributed by atoms with Crippen LogP contribution in [0.3, 0.4) is 0 Å². The highest BCUT2D eigenvalue weighted by Gasteiger charge is 2.58. The monoisotopic (exact) mass is 450 g/mol. The van der Waals surface area contributed by atoms with E-state index >= 15 is 0 Å². The first-order chi connectivity index (χ1) is 15.6. The lowest BCUT2D eigenvalue weighted by atomic mass is 9.51. The van der Waals surface area contributed by atoms with Gasteiger partial charge in [0, 0.05) is 18.8 Å². The molecule has 1 heterocycles. The van der Waals surface area contributed by atoms with Crippen molar-refractivity contribution in [2.45, 2.75) is 108 Å². The largest absolute Gasteiger partial charge is 0.385 e. The second-order valence-electron chi connectivity index (χ2n) is 13.2. The van der Waals surface area contributed by atoms with E-state index in [4.69, 9.17) is 9.47 Å². The summed E-state index contributed by atoms with van der Waals surface area (Å²) in [6, 6.07) is 9.50. The molecule has 1 aromatic carbocycles. The van der Waals surface area contributed by atoms with Crippen LogP contribution >= 0.6 is 0 Å². The van der Waals surface area contributed by atoms with E-state index in [9.17, 15) is 5.11 Å². The van der Waals surface area contributed by atoms with E-state index in [0.717, 1.165) is 31.6 Å². The Hall–Kier alpha value is -1.16. The highest BCUT2D eigenvalue weighted by molar-refractivity contribution is 5.44. The number of fused-ring (bicyclic) bond motifs is 4. The van der Waals surface area contributed by atoms with E-state index in [2.05, 4.69) is 52.0 Å². The van der Waals surface area contributed by atoms with Gasteiger partial charge in [-0.05, 0) is 77.9 Å². The number of rotatable bonds is 1. The van der Waals surface area contributed by atoms with Crippen LogP contribution in [0.4, 0.5) is 0 Å². The SMILES string of the molecule is CC(C)(C)c1ccc(C2C[C@]3(C)CCCC3C3CC[C@@]4(O)CC5(CCC4=C23)OCCO5)cc1. The molecule has 4 aliphatic carbocycles. The van der Waals surface area contributed by atoms with Gasteiger partial charge in [-0.25, -0.2) is 0 Å². The van der Waals surface area contributed by atoms with Crippen LogP contribution in [0.25, 0.3) is 0 Å². The van der Waals surface area contributed by atoms with E-state index in [1.54, 1.807) is 5.57 Å². The molecule has 3 saturated carbocycles. The molecule has 0 aromatic heterocycles. The number of aliphatic hydroxyl groups is 1. The number of allylic oxidation sites excluding steroid dienone is 1. The highest BCUT2D eigenvalue weighted by atomic mass is 16.7. The molecule has 0 radical (unpaired) electrons. The Balaban J connectivity index is 1.44. The first-order valence-corrected chi connectivity index (χ1v) is 13.5. The molecular formula is C30H42O3.